The lowest BCUT2D eigenvalue weighted by atomic mass is 10.0. The molecule has 0 radical (unpaired) electrons. The van der Waals surface area contributed by atoms with Crippen molar-refractivity contribution in [1.29, 1.82) is 0 Å². The Kier molecular flexibility index (Phi) is 6.06. The molecule has 0 saturated heterocycles. The lowest BCUT2D eigenvalue weighted by Gasteiger charge is -2.14. The van der Waals surface area contributed by atoms with Gasteiger partial charge < -0.3 is 14.6 Å². The van der Waals surface area contributed by atoms with Crippen molar-refractivity contribution in [2.24, 2.45) is 0 Å². The first-order valence-corrected chi connectivity index (χ1v) is 7.63. The molecule has 5 heteroatoms. The van der Waals surface area contributed by atoms with Crippen molar-refractivity contribution in [1.82, 2.24) is 0 Å². The van der Waals surface area contributed by atoms with Gasteiger partial charge in [0.2, 0.25) is 0 Å². The third-order valence-electron chi connectivity index (χ3n) is 2.98. The van der Waals surface area contributed by atoms with Crippen molar-refractivity contribution < 1.29 is 14.6 Å². The summed E-state index contributed by atoms with van der Waals surface area (Å²) in [5, 5.41) is 11.0. The van der Waals surface area contributed by atoms with Crippen molar-refractivity contribution in [3.8, 4) is 5.75 Å². The molecule has 1 unspecified atom stereocenters. The number of hydrogen-bond donors (Lipinski definition) is 1. The lowest BCUT2D eigenvalue weighted by Crippen LogP contribution is -2.05. The normalized spacial score (nSPS) is 12.2. The first-order valence-electron chi connectivity index (χ1n) is 6.46. The molecule has 1 atom stereocenters. The number of rotatable bonds is 6. The maximum atomic E-state index is 10.4. The van der Waals surface area contributed by atoms with Gasteiger partial charge in [0.05, 0.1) is 11.1 Å². The molecule has 0 aromatic heterocycles. The highest BCUT2D eigenvalue weighted by molar-refractivity contribution is 9.10. The van der Waals surface area contributed by atoms with E-state index in [1.54, 1.807) is 19.2 Å². The summed E-state index contributed by atoms with van der Waals surface area (Å²) in [6.07, 6.45) is -0.729. The molecular weight excluding hydrogens is 356 g/mol. The second-order valence-corrected chi connectivity index (χ2v) is 5.78. The summed E-state index contributed by atoms with van der Waals surface area (Å²) >= 11 is 9.40. The molecule has 0 aliphatic carbocycles. The fourth-order valence-corrected chi connectivity index (χ4v) is 2.62. The third-order valence-corrected chi connectivity index (χ3v) is 3.84. The van der Waals surface area contributed by atoms with E-state index in [-0.39, 0.29) is 0 Å². The summed E-state index contributed by atoms with van der Waals surface area (Å²) in [7, 11) is 1.63. The largest absolute Gasteiger partial charge is 0.490 e. The van der Waals surface area contributed by atoms with E-state index in [1.807, 2.05) is 30.3 Å². The predicted octanol–water partition coefficient (Wildman–Crippen LogP) is 4.21. The van der Waals surface area contributed by atoms with E-state index in [2.05, 4.69) is 15.9 Å². The van der Waals surface area contributed by atoms with Crippen LogP contribution in [-0.2, 0) is 4.74 Å². The monoisotopic (exact) mass is 370 g/mol. The summed E-state index contributed by atoms with van der Waals surface area (Å²) in [5.74, 6) is 0.717. The van der Waals surface area contributed by atoms with Gasteiger partial charge in [-0.15, -0.1) is 0 Å². The number of aliphatic hydroxyl groups is 1. The predicted molar refractivity (Wildman–Crippen MR) is 87.0 cm³/mol. The Balaban J connectivity index is 2.15. The summed E-state index contributed by atoms with van der Waals surface area (Å²) in [6, 6.07) is 12.7. The van der Waals surface area contributed by atoms with Crippen molar-refractivity contribution >= 4 is 27.5 Å². The van der Waals surface area contributed by atoms with Crippen LogP contribution < -0.4 is 4.74 Å². The van der Waals surface area contributed by atoms with Gasteiger partial charge in [-0.05, 0) is 51.3 Å². The maximum absolute atomic E-state index is 10.4. The van der Waals surface area contributed by atoms with Crippen LogP contribution in [0.3, 0.4) is 0 Å². The lowest BCUT2D eigenvalue weighted by molar-refractivity contribution is 0.146. The minimum Gasteiger partial charge on any atom is -0.490 e. The molecule has 2 aromatic carbocycles. The third kappa shape index (κ3) is 4.45. The minimum absolute atomic E-state index is 0.477. The minimum atomic E-state index is -0.729. The van der Waals surface area contributed by atoms with Gasteiger partial charge in [-0.3, -0.25) is 0 Å². The fourth-order valence-electron chi connectivity index (χ4n) is 1.91. The van der Waals surface area contributed by atoms with E-state index in [1.165, 1.54) is 0 Å². The molecule has 0 spiro atoms. The van der Waals surface area contributed by atoms with E-state index in [0.717, 1.165) is 15.6 Å². The quantitative estimate of drug-likeness (QED) is 0.773. The van der Waals surface area contributed by atoms with Crippen LogP contribution in [0.4, 0.5) is 0 Å². The van der Waals surface area contributed by atoms with Crippen molar-refractivity contribution in [2.45, 2.75) is 6.10 Å². The Morgan fingerprint density at radius 3 is 2.57 bits per heavy atom. The maximum Gasteiger partial charge on any atom is 0.133 e. The first-order chi connectivity index (χ1) is 10.1. The highest BCUT2D eigenvalue weighted by Gasteiger charge is 2.13. The second-order valence-electron chi connectivity index (χ2n) is 4.49. The molecule has 0 bridgehead atoms. The van der Waals surface area contributed by atoms with E-state index >= 15 is 0 Å². The summed E-state index contributed by atoms with van der Waals surface area (Å²) in [5.41, 5.74) is 1.52. The van der Waals surface area contributed by atoms with Gasteiger partial charge in [-0.2, -0.15) is 0 Å². The number of aliphatic hydroxyl groups excluding tert-OH is 1. The zero-order chi connectivity index (χ0) is 15.2. The molecule has 2 rings (SSSR count). The SMILES string of the molecule is COCCOc1ccc(C(O)c2cccc(Cl)c2)cc1Br. The Morgan fingerprint density at radius 1 is 1.14 bits per heavy atom. The second kappa shape index (κ2) is 7.80. The Bertz CT molecular complexity index is 604. The molecule has 0 saturated carbocycles. The zero-order valence-corrected chi connectivity index (χ0v) is 13.9. The van der Waals surface area contributed by atoms with Crippen molar-refractivity contribution in [3.63, 3.8) is 0 Å². The van der Waals surface area contributed by atoms with Crippen LogP contribution in [0.5, 0.6) is 5.75 Å². The van der Waals surface area contributed by atoms with Gasteiger partial charge in [0, 0.05) is 12.1 Å². The summed E-state index contributed by atoms with van der Waals surface area (Å²) < 4.78 is 11.3. The summed E-state index contributed by atoms with van der Waals surface area (Å²) in [6.45, 7) is 1.00. The van der Waals surface area contributed by atoms with Gasteiger partial charge in [0.25, 0.3) is 0 Å². The summed E-state index contributed by atoms with van der Waals surface area (Å²) in [4.78, 5) is 0. The molecule has 0 aliphatic rings. The molecule has 112 valence electrons. The van der Waals surface area contributed by atoms with E-state index in [0.29, 0.717) is 24.0 Å². The van der Waals surface area contributed by atoms with Crippen molar-refractivity contribution in [2.75, 3.05) is 20.3 Å². The number of ether oxygens (including phenoxy) is 2. The highest BCUT2D eigenvalue weighted by Crippen LogP contribution is 2.31. The molecule has 21 heavy (non-hydrogen) atoms. The van der Waals surface area contributed by atoms with Gasteiger partial charge in [-0.1, -0.05) is 29.8 Å². The molecule has 0 fully saturated rings. The molecule has 0 heterocycles. The van der Waals surface area contributed by atoms with Gasteiger partial charge in [0.15, 0.2) is 0 Å². The smallest absolute Gasteiger partial charge is 0.133 e. The van der Waals surface area contributed by atoms with Gasteiger partial charge in [0.1, 0.15) is 18.5 Å². The van der Waals surface area contributed by atoms with Crippen molar-refractivity contribution in [3.05, 3.63) is 63.1 Å². The van der Waals surface area contributed by atoms with Crippen LogP contribution in [-0.4, -0.2) is 25.4 Å². The Labute approximate surface area is 137 Å². The number of methoxy groups -OCH3 is 1. The number of halogens is 2. The van der Waals surface area contributed by atoms with E-state index in [4.69, 9.17) is 21.1 Å². The molecule has 2 aromatic rings. The van der Waals surface area contributed by atoms with Crippen LogP contribution in [0, 0.1) is 0 Å². The fraction of sp³-hybridized carbons (Fsp3) is 0.250. The standard InChI is InChI=1S/C16H16BrClO3/c1-20-7-8-21-15-6-5-12(10-14(15)17)16(19)11-3-2-4-13(18)9-11/h2-6,9-10,16,19H,7-8H2,1H3. The number of hydrogen-bond acceptors (Lipinski definition) is 3. The van der Waals surface area contributed by atoms with Crippen LogP contribution in [0.15, 0.2) is 46.9 Å². The van der Waals surface area contributed by atoms with E-state index in [9.17, 15) is 5.11 Å². The van der Waals surface area contributed by atoms with Crippen LogP contribution in [0.25, 0.3) is 0 Å². The Morgan fingerprint density at radius 2 is 1.90 bits per heavy atom. The first kappa shape index (κ1) is 16.3. The average Bonchev–Trinajstić information content (AvgIpc) is 2.48. The van der Waals surface area contributed by atoms with Gasteiger partial charge >= 0.3 is 0 Å². The molecule has 0 aliphatic heterocycles. The molecule has 3 nitrogen and oxygen atoms in total. The van der Waals surface area contributed by atoms with Crippen LogP contribution >= 0.6 is 27.5 Å². The number of benzene rings is 2. The molecular formula is C16H16BrClO3. The average molecular weight is 372 g/mol. The molecule has 0 amide bonds. The zero-order valence-electron chi connectivity index (χ0n) is 11.6. The van der Waals surface area contributed by atoms with Gasteiger partial charge in [-0.25, -0.2) is 0 Å². The topological polar surface area (TPSA) is 38.7 Å². The van der Waals surface area contributed by atoms with E-state index < -0.39 is 6.10 Å². The highest BCUT2D eigenvalue weighted by atomic mass is 79.9. The Hall–Kier alpha value is -1.07. The van der Waals surface area contributed by atoms with Crippen LogP contribution in [0.1, 0.15) is 17.2 Å². The molecule has 1 N–H and O–H groups in total. The van der Waals surface area contributed by atoms with Crippen LogP contribution in [0.2, 0.25) is 5.02 Å².